The fourth-order valence-corrected chi connectivity index (χ4v) is 2.17. The highest BCUT2D eigenvalue weighted by atomic mass is 16.5. The molecule has 1 amide bonds. The maximum absolute atomic E-state index is 12.3. The summed E-state index contributed by atoms with van der Waals surface area (Å²) in [4.78, 5) is 18.1. The fraction of sp³-hybridized carbons (Fsp3) is 0.471. The van der Waals surface area contributed by atoms with Crippen LogP contribution in [0, 0.1) is 5.92 Å². The molecular weight excluding hydrogens is 310 g/mol. The molecule has 1 heterocycles. The highest BCUT2D eigenvalue weighted by molar-refractivity contribution is 5.97. The van der Waals surface area contributed by atoms with Crippen LogP contribution in [0.25, 0.3) is 0 Å². The van der Waals surface area contributed by atoms with Gasteiger partial charge in [-0.1, -0.05) is 25.1 Å². The SMILES string of the molecule is COc1cccc(C(=O)N(C)C)c1OCc1nc(CC(C)C)no1. The first-order valence-corrected chi connectivity index (χ1v) is 7.75. The summed E-state index contributed by atoms with van der Waals surface area (Å²) in [6.45, 7) is 4.24. The van der Waals surface area contributed by atoms with E-state index in [1.807, 2.05) is 0 Å². The molecule has 0 fully saturated rings. The van der Waals surface area contributed by atoms with E-state index < -0.39 is 0 Å². The van der Waals surface area contributed by atoms with Gasteiger partial charge in [0.1, 0.15) is 0 Å². The second-order valence-electron chi connectivity index (χ2n) is 6.03. The predicted octanol–water partition coefficient (Wildman–Crippen LogP) is 2.56. The minimum Gasteiger partial charge on any atom is -0.493 e. The van der Waals surface area contributed by atoms with E-state index in [1.165, 1.54) is 12.0 Å². The van der Waals surface area contributed by atoms with Gasteiger partial charge in [-0.05, 0) is 18.1 Å². The van der Waals surface area contributed by atoms with Gasteiger partial charge in [0.05, 0.1) is 12.7 Å². The zero-order valence-corrected chi connectivity index (χ0v) is 14.7. The van der Waals surface area contributed by atoms with Gasteiger partial charge in [-0.3, -0.25) is 4.79 Å². The Morgan fingerprint density at radius 3 is 2.71 bits per heavy atom. The number of para-hydroxylation sites is 1. The summed E-state index contributed by atoms with van der Waals surface area (Å²) < 4.78 is 16.3. The molecule has 0 aliphatic heterocycles. The van der Waals surface area contributed by atoms with Crippen LogP contribution in [-0.2, 0) is 13.0 Å². The molecule has 0 unspecified atom stereocenters. The molecule has 0 aliphatic carbocycles. The molecule has 7 heteroatoms. The van der Waals surface area contributed by atoms with E-state index in [-0.39, 0.29) is 12.5 Å². The lowest BCUT2D eigenvalue weighted by atomic mass is 10.1. The van der Waals surface area contributed by atoms with E-state index in [9.17, 15) is 4.79 Å². The van der Waals surface area contributed by atoms with Gasteiger partial charge in [-0.2, -0.15) is 4.98 Å². The minimum absolute atomic E-state index is 0.0686. The first-order valence-electron chi connectivity index (χ1n) is 7.75. The van der Waals surface area contributed by atoms with Crippen molar-refractivity contribution in [1.29, 1.82) is 0 Å². The number of benzene rings is 1. The largest absolute Gasteiger partial charge is 0.493 e. The highest BCUT2D eigenvalue weighted by Crippen LogP contribution is 2.32. The van der Waals surface area contributed by atoms with Gasteiger partial charge in [0, 0.05) is 20.5 Å². The Labute approximate surface area is 141 Å². The molecule has 0 atom stereocenters. The quantitative estimate of drug-likeness (QED) is 0.775. The molecule has 0 saturated carbocycles. The Morgan fingerprint density at radius 2 is 2.08 bits per heavy atom. The second kappa shape index (κ2) is 7.81. The number of carbonyl (C=O) groups is 1. The number of amides is 1. The lowest BCUT2D eigenvalue weighted by Crippen LogP contribution is -2.22. The van der Waals surface area contributed by atoms with Gasteiger partial charge in [0.2, 0.25) is 0 Å². The summed E-state index contributed by atoms with van der Waals surface area (Å²) in [6.07, 6.45) is 0.739. The molecule has 2 aromatic rings. The van der Waals surface area contributed by atoms with Crippen molar-refractivity contribution >= 4 is 5.91 Å². The van der Waals surface area contributed by atoms with Crippen molar-refractivity contribution in [3.05, 3.63) is 35.5 Å². The zero-order chi connectivity index (χ0) is 17.7. The third kappa shape index (κ3) is 4.24. The number of carbonyl (C=O) groups excluding carboxylic acids is 1. The molecule has 0 N–H and O–H groups in total. The first kappa shape index (κ1) is 17.8. The monoisotopic (exact) mass is 333 g/mol. The van der Waals surface area contributed by atoms with Crippen molar-refractivity contribution in [2.24, 2.45) is 5.92 Å². The van der Waals surface area contributed by atoms with Crippen molar-refractivity contribution < 1.29 is 18.8 Å². The summed E-state index contributed by atoms with van der Waals surface area (Å²) in [5, 5.41) is 3.92. The van der Waals surface area contributed by atoms with Crippen LogP contribution in [0.1, 0.15) is 35.9 Å². The van der Waals surface area contributed by atoms with Gasteiger partial charge < -0.3 is 18.9 Å². The number of hydrogen-bond acceptors (Lipinski definition) is 6. The molecule has 130 valence electrons. The molecule has 1 aromatic carbocycles. The van der Waals surface area contributed by atoms with Crippen molar-refractivity contribution in [1.82, 2.24) is 15.0 Å². The average Bonchev–Trinajstić information content (AvgIpc) is 2.98. The summed E-state index contributed by atoms with van der Waals surface area (Å²) in [6, 6.07) is 5.17. The number of methoxy groups -OCH3 is 1. The van der Waals surface area contributed by atoms with Gasteiger partial charge in [-0.15, -0.1) is 0 Å². The molecular formula is C17H23N3O4. The number of nitrogens with zero attached hydrogens (tertiary/aromatic N) is 3. The van der Waals surface area contributed by atoms with Crippen LogP contribution < -0.4 is 9.47 Å². The van der Waals surface area contributed by atoms with Crippen LogP contribution in [0.2, 0.25) is 0 Å². The smallest absolute Gasteiger partial charge is 0.264 e. The topological polar surface area (TPSA) is 77.7 Å². The Bertz CT molecular complexity index is 695. The van der Waals surface area contributed by atoms with E-state index in [0.29, 0.717) is 34.7 Å². The fourth-order valence-electron chi connectivity index (χ4n) is 2.17. The molecule has 0 bridgehead atoms. The number of hydrogen-bond donors (Lipinski definition) is 0. The van der Waals surface area contributed by atoms with Crippen LogP contribution in [0.3, 0.4) is 0 Å². The van der Waals surface area contributed by atoms with Gasteiger partial charge in [0.15, 0.2) is 23.9 Å². The number of rotatable bonds is 7. The maximum Gasteiger partial charge on any atom is 0.264 e. The van der Waals surface area contributed by atoms with E-state index >= 15 is 0 Å². The molecule has 7 nitrogen and oxygen atoms in total. The Kier molecular flexibility index (Phi) is 5.78. The van der Waals surface area contributed by atoms with Crippen LogP contribution in [0.15, 0.2) is 22.7 Å². The number of aromatic nitrogens is 2. The van der Waals surface area contributed by atoms with Crippen molar-refractivity contribution in [2.45, 2.75) is 26.9 Å². The lowest BCUT2D eigenvalue weighted by Gasteiger charge is -2.16. The third-order valence-electron chi connectivity index (χ3n) is 3.28. The van der Waals surface area contributed by atoms with E-state index in [0.717, 1.165) is 6.42 Å². The van der Waals surface area contributed by atoms with E-state index in [4.69, 9.17) is 14.0 Å². The van der Waals surface area contributed by atoms with E-state index in [2.05, 4.69) is 24.0 Å². The Balaban J connectivity index is 2.19. The summed E-state index contributed by atoms with van der Waals surface area (Å²) in [5.74, 6) is 2.12. The van der Waals surface area contributed by atoms with Crippen LogP contribution in [0.4, 0.5) is 0 Å². The normalized spacial score (nSPS) is 10.8. The summed E-state index contributed by atoms with van der Waals surface area (Å²) in [7, 11) is 4.89. The average molecular weight is 333 g/mol. The van der Waals surface area contributed by atoms with Gasteiger partial charge >= 0.3 is 0 Å². The van der Waals surface area contributed by atoms with Crippen LogP contribution in [0.5, 0.6) is 11.5 Å². The van der Waals surface area contributed by atoms with Crippen molar-refractivity contribution in [2.75, 3.05) is 21.2 Å². The van der Waals surface area contributed by atoms with Crippen molar-refractivity contribution in [3.63, 3.8) is 0 Å². The number of ether oxygens (including phenoxy) is 2. The molecule has 0 saturated heterocycles. The van der Waals surface area contributed by atoms with Crippen LogP contribution in [-0.4, -0.2) is 42.2 Å². The highest BCUT2D eigenvalue weighted by Gasteiger charge is 2.19. The molecule has 1 aromatic heterocycles. The second-order valence-corrected chi connectivity index (χ2v) is 6.03. The summed E-state index contributed by atoms with van der Waals surface area (Å²) >= 11 is 0. The summed E-state index contributed by atoms with van der Waals surface area (Å²) in [5.41, 5.74) is 0.418. The van der Waals surface area contributed by atoms with Crippen molar-refractivity contribution in [3.8, 4) is 11.5 Å². The maximum atomic E-state index is 12.3. The molecule has 2 rings (SSSR count). The lowest BCUT2D eigenvalue weighted by molar-refractivity contribution is 0.0821. The van der Waals surface area contributed by atoms with Crippen LogP contribution >= 0.6 is 0 Å². The predicted molar refractivity (Wildman–Crippen MR) is 88.2 cm³/mol. The Hall–Kier alpha value is -2.57. The van der Waals surface area contributed by atoms with E-state index in [1.54, 1.807) is 32.3 Å². The zero-order valence-electron chi connectivity index (χ0n) is 14.7. The molecule has 24 heavy (non-hydrogen) atoms. The first-order chi connectivity index (χ1) is 11.4. The molecule has 0 aliphatic rings. The van der Waals surface area contributed by atoms with Gasteiger partial charge in [-0.25, -0.2) is 0 Å². The van der Waals surface area contributed by atoms with Gasteiger partial charge in [0.25, 0.3) is 11.8 Å². The molecule has 0 spiro atoms. The minimum atomic E-state index is -0.171. The molecule has 0 radical (unpaired) electrons. The Morgan fingerprint density at radius 1 is 1.33 bits per heavy atom. The standard InChI is InChI=1S/C17H23N3O4/c1-11(2)9-14-18-15(24-19-14)10-23-16-12(17(21)20(3)4)7-6-8-13(16)22-5/h6-8,11H,9-10H2,1-5H3. The third-order valence-corrected chi connectivity index (χ3v) is 3.28.